The van der Waals surface area contributed by atoms with Crippen LogP contribution in [0.3, 0.4) is 0 Å². The van der Waals surface area contributed by atoms with Gasteiger partial charge in [-0.25, -0.2) is 4.68 Å². The van der Waals surface area contributed by atoms with Crippen LogP contribution in [0.1, 0.15) is 21.7 Å². The fourth-order valence-corrected chi connectivity index (χ4v) is 2.78. The van der Waals surface area contributed by atoms with Crippen molar-refractivity contribution in [2.24, 2.45) is 0 Å². The number of benzene rings is 2. The molecule has 0 unspecified atom stereocenters. The third-order valence-electron chi connectivity index (χ3n) is 4.32. The summed E-state index contributed by atoms with van der Waals surface area (Å²) in [5.41, 5.74) is 2.62. The lowest BCUT2D eigenvalue weighted by atomic mass is 10.2. The molecule has 0 bridgehead atoms. The molecule has 3 rings (SSSR count). The van der Waals surface area contributed by atoms with E-state index in [9.17, 15) is 4.79 Å². The van der Waals surface area contributed by atoms with Crippen LogP contribution in [0, 0.1) is 6.92 Å². The van der Waals surface area contributed by atoms with E-state index >= 15 is 0 Å². The van der Waals surface area contributed by atoms with Crippen molar-refractivity contribution in [3.63, 3.8) is 0 Å². The lowest BCUT2D eigenvalue weighted by molar-refractivity contribution is 0.0945. The van der Waals surface area contributed by atoms with E-state index in [0.29, 0.717) is 31.2 Å². The highest BCUT2D eigenvalue weighted by Crippen LogP contribution is 2.18. The summed E-state index contributed by atoms with van der Waals surface area (Å²) in [6.07, 6.45) is 0. The van der Waals surface area contributed by atoms with Gasteiger partial charge in [0, 0.05) is 19.7 Å². The van der Waals surface area contributed by atoms with Crippen molar-refractivity contribution in [1.29, 1.82) is 0 Å². The fourth-order valence-electron chi connectivity index (χ4n) is 2.78. The van der Waals surface area contributed by atoms with Gasteiger partial charge in [0.05, 0.1) is 25.1 Å². The number of carbonyl (C=O) groups is 1. The van der Waals surface area contributed by atoms with E-state index in [1.807, 2.05) is 48.5 Å². The summed E-state index contributed by atoms with van der Waals surface area (Å²) in [6.45, 7) is 3.15. The molecular formula is C21H24N4O4. The first kappa shape index (κ1) is 20.3. The van der Waals surface area contributed by atoms with Gasteiger partial charge >= 0.3 is 0 Å². The number of methoxy groups -OCH3 is 2. The summed E-state index contributed by atoms with van der Waals surface area (Å²) in [5.74, 6) is 1.15. The van der Waals surface area contributed by atoms with Gasteiger partial charge in [0.15, 0.2) is 5.69 Å². The average Bonchev–Trinajstić information content (AvgIpc) is 3.14. The van der Waals surface area contributed by atoms with Crippen LogP contribution < -0.4 is 14.8 Å². The van der Waals surface area contributed by atoms with Gasteiger partial charge in [0.2, 0.25) is 0 Å². The molecule has 0 saturated heterocycles. The Hall–Kier alpha value is -3.39. The zero-order chi connectivity index (χ0) is 20.6. The van der Waals surface area contributed by atoms with E-state index in [4.69, 9.17) is 14.2 Å². The molecule has 0 spiro atoms. The van der Waals surface area contributed by atoms with Crippen LogP contribution in [0.4, 0.5) is 0 Å². The lowest BCUT2D eigenvalue weighted by Gasteiger charge is -2.09. The van der Waals surface area contributed by atoms with E-state index in [1.165, 1.54) is 0 Å². The maximum absolute atomic E-state index is 12.6. The van der Waals surface area contributed by atoms with Gasteiger partial charge in [-0.3, -0.25) is 4.79 Å². The number of carbonyl (C=O) groups excluding carboxylic acids is 1. The minimum Gasteiger partial charge on any atom is -0.497 e. The SMILES string of the molecule is COCCOc1cccc(CNC(=O)c2nnn(-c3cccc(OC)c3)c2C)c1. The fraction of sp³-hybridized carbons (Fsp3) is 0.286. The highest BCUT2D eigenvalue weighted by molar-refractivity contribution is 5.93. The zero-order valence-electron chi connectivity index (χ0n) is 16.7. The molecule has 0 aliphatic carbocycles. The molecule has 0 radical (unpaired) electrons. The summed E-state index contributed by atoms with van der Waals surface area (Å²) < 4.78 is 17.4. The van der Waals surface area contributed by atoms with E-state index in [2.05, 4.69) is 15.6 Å². The molecule has 1 N–H and O–H groups in total. The smallest absolute Gasteiger partial charge is 0.274 e. The highest BCUT2D eigenvalue weighted by Gasteiger charge is 2.17. The highest BCUT2D eigenvalue weighted by atomic mass is 16.5. The molecule has 0 aliphatic rings. The first-order valence-electron chi connectivity index (χ1n) is 9.18. The standard InChI is InChI=1S/C21H24N4O4/c1-15-20(23-24-25(15)17-7-5-8-18(13-17)28-3)21(26)22-14-16-6-4-9-19(12-16)29-11-10-27-2/h4-9,12-13H,10-11,14H2,1-3H3,(H,22,26). The van der Waals surface area contributed by atoms with Crippen LogP contribution in [0.25, 0.3) is 5.69 Å². The van der Waals surface area contributed by atoms with Gasteiger partial charge in [0.25, 0.3) is 5.91 Å². The number of aromatic nitrogens is 3. The molecule has 0 aliphatic heterocycles. The zero-order valence-corrected chi connectivity index (χ0v) is 16.7. The molecule has 3 aromatic rings. The van der Waals surface area contributed by atoms with Gasteiger partial charge in [-0.1, -0.05) is 23.4 Å². The number of amides is 1. The molecule has 0 saturated carbocycles. The monoisotopic (exact) mass is 396 g/mol. The van der Waals surface area contributed by atoms with Crippen molar-refractivity contribution in [2.45, 2.75) is 13.5 Å². The Morgan fingerprint density at radius 2 is 1.86 bits per heavy atom. The summed E-state index contributed by atoms with van der Waals surface area (Å²) in [6, 6.07) is 15.0. The van der Waals surface area contributed by atoms with Crippen molar-refractivity contribution in [2.75, 3.05) is 27.4 Å². The largest absolute Gasteiger partial charge is 0.497 e. The minimum absolute atomic E-state index is 0.278. The summed E-state index contributed by atoms with van der Waals surface area (Å²) in [5, 5.41) is 11.0. The van der Waals surface area contributed by atoms with Gasteiger partial charge in [-0.15, -0.1) is 5.10 Å². The Morgan fingerprint density at radius 1 is 1.07 bits per heavy atom. The molecule has 152 valence electrons. The van der Waals surface area contributed by atoms with E-state index in [1.54, 1.807) is 25.8 Å². The normalized spacial score (nSPS) is 10.6. The van der Waals surface area contributed by atoms with E-state index in [-0.39, 0.29) is 11.6 Å². The van der Waals surface area contributed by atoms with Crippen LogP contribution in [0.15, 0.2) is 48.5 Å². The number of hydrogen-bond acceptors (Lipinski definition) is 6. The summed E-state index contributed by atoms with van der Waals surface area (Å²) >= 11 is 0. The Morgan fingerprint density at radius 3 is 2.66 bits per heavy atom. The molecule has 8 heteroatoms. The van der Waals surface area contributed by atoms with Crippen molar-refractivity contribution in [3.8, 4) is 17.2 Å². The molecule has 2 aromatic carbocycles. The van der Waals surface area contributed by atoms with Crippen LogP contribution in [-0.4, -0.2) is 48.3 Å². The first-order valence-corrected chi connectivity index (χ1v) is 9.18. The molecular weight excluding hydrogens is 372 g/mol. The third kappa shape index (κ3) is 5.11. The molecule has 1 amide bonds. The van der Waals surface area contributed by atoms with Crippen molar-refractivity contribution >= 4 is 5.91 Å². The van der Waals surface area contributed by atoms with Crippen LogP contribution >= 0.6 is 0 Å². The lowest BCUT2D eigenvalue weighted by Crippen LogP contribution is -2.24. The molecule has 0 atom stereocenters. The van der Waals surface area contributed by atoms with E-state index in [0.717, 1.165) is 17.0 Å². The van der Waals surface area contributed by atoms with Crippen LogP contribution in [-0.2, 0) is 11.3 Å². The summed E-state index contributed by atoms with van der Waals surface area (Å²) in [4.78, 5) is 12.6. The molecule has 1 aromatic heterocycles. The maximum Gasteiger partial charge on any atom is 0.274 e. The number of nitrogens with one attached hydrogen (secondary N) is 1. The number of nitrogens with zero attached hydrogens (tertiary/aromatic N) is 3. The molecule has 1 heterocycles. The summed E-state index contributed by atoms with van der Waals surface area (Å²) in [7, 11) is 3.23. The molecule has 0 fully saturated rings. The second-order valence-electron chi connectivity index (χ2n) is 6.31. The second-order valence-corrected chi connectivity index (χ2v) is 6.31. The van der Waals surface area contributed by atoms with Gasteiger partial charge in [0.1, 0.15) is 18.1 Å². The number of ether oxygens (including phenoxy) is 3. The topological polar surface area (TPSA) is 87.5 Å². The van der Waals surface area contributed by atoms with Crippen LogP contribution in [0.5, 0.6) is 11.5 Å². The second kappa shape index (κ2) is 9.70. The van der Waals surface area contributed by atoms with Crippen molar-refractivity contribution in [1.82, 2.24) is 20.3 Å². The Balaban J connectivity index is 1.66. The van der Waals surface area contributed by atoms with Crippen LogP contribution in [0.2, 0.25) is 0 Å². The third-order valence-corrected chi connectivity index (χ3v) is 4.32. The predicted molar refractivity (Wildman–Crippen MR) is 108 cm³/mol. The Bertz CT molecular complexity index is 971. The Kier molecular flexibility index (Phi) is 6.80. The number of hydrogen-bond donors (Lipinski definition) is 1. The quantitative estimate of drug-likeness (QED) is 0.559. The van der Waals surface area contributed by atoms with Gasteiger partial charge in [-0.2, -0.15) is 0 Å². The van der Waals surface area contributed by atoms with Gasteiger partial charge in [-0.05, 0) is 36.8 Å². The minimum atomic E-state index is -0.289. The molecule has 8 nitrogen and oxygen atoms in total. The molecule has 29 heavy (non-hydrogen) atoms. The van der Waals surface area contributed by atoms with Crippen molar-refractivity contribution in [3.05, 3.63) is 65.5 Å². The van der Waals surface area contributed by atoms with Crippen molar-refractivity contribution < 1.29 is 19.0 Å². The maximum atomic E-state index is 12.6. The Labute approximate surface area is 169 Å². The number of rotatable bonds is 9. The predicted octanol–water partition coefficient (Wildman–Crippen LogP) is 2.54. The van der Waals surface area contributed by atoms with Gasteiger partial charge < -0.3 is 19.5 Å². The average molecular weight is 396 g/mol. The first-order chi connectivity index (χ1) is 14.1. The van der Waals surface area contributed by atoms with E-state index < -0.39 is 0 Å².